The highest BCUT2D eigenvalue weighted by molar-refractivity contribution is 6.09. The van der Waals surface area contributed by atoms with Crippen LogP contribution in [0.2, 0.25) is 0 Å². The molecule has 0 atom stereocenters. The topological polar surface area (TPSA) is 30.7 Å². The van der Waals surface area contributed by atoms with Crippen LogP contribution in [0.4, 0.5) is 0 Å². The molecule has 3 aromatic carbocycles. The highest BCUT2D eigenvalue weighted by Crippen LogP contribution is 2.33. The molecule has 3 aromatic heterocycles. The van der Waals surface area contributed by atoms with E-state index in [2.05, 4.69) is 99.5 Å². The van der Waals surface area contributed by atoms with Gasteiger partial charge in [0.15, 0.2) is 0 Å². The van der Waals surface area contributed by atoms with Gasteiger partial charge >= 0.3 is 0 Å². The Morgan fingerprint density at radius 1 is 0.484 bits per heavy atom. The maximum absolute atomic E-state index is 4.50. The van der Waals surface area contributed by atoms with Gasteiger partial charge in [0.2, 0.25) is 0 Å². The Hall–Kier alpha value is -4.24. The number of rotatable bonds is 3. The standard InChI is InChI=1S/C28H19N3/c1-3-12-27-25(10-1)26-11-2-4-13-28(26)31(27)24-9-5-7-20(16-24)22-15-23(19-30-18-22)21-8-6-14-29-17-21/h1-19H. The number of hydrogen-bond donors (Lipinski definition) is 0. The van der Waals surface area contributed by atoms with E-state index >= 15 is 0 Å². The zero-order valence-electron chi connectivity index (χ0n) is 16.8. The van der Waals surface area contributed by atoms with Crippen molar-refractivity contribution in [3.05, 3.63) is 116 Å². The molecule has 0 spiro atoms. The van der Waals surface area contributed by atoms with E-state index in [1.165, 1.54) is 21.8 Å². The minimum absolute atomic E-state index is 1.06. The van der Waals surface area contributed by atoms with Gasteiger partial charge < -0.3 is 4.57 Å². The summed E-state index contributed by atoms with van der Waals surface area (Å²) in [5.41, 5.74) is 7.91. The molecule has 6 rings (SSSR count). The Balaban J connectivity index is 1.53. The average molecular weight is 397 g/mol. The summed E-state index contributed by atoms with van der Waals surface area (Å²) >= 11 is 0. The van der Waals surface area contributed by atoms with Crippen molar-refractivity contribution in [2.24, 2.45) is 0 Å². The Bertz CT molecular complexity index is 1480. The highest BCUT2D eigenvalue weighted by Gasteiger charge is 2.12. The van der Waals surface area contributed by atoms with Crippen LogP contribution < -0.4 is 0 Å². The molecule has 31 heavy (non-hydrogen) atoms. The largest absolute Gasteiger partial charge is 0.309 e. The predicted octanol–water partition coefficient (Wildman–Crippen LogP) is 6.91. The van der Waals surface area contributed by atoms with Gasteiger partial charge in [-0.2, -0.15) is 0 Å². The van der Waals surface area contributed by atoms with Crippen LogP contribution in [0.15, 0.2) is 116 Å². The van der Waals surface area contributed by atoms with Gasteiger partial charge in [0.25, 0.3) is 0 Å². The van der Waals surface area contributed by atoms with Gasteiger partial charge in [-0.25, -0.2) is 0 Å². The first-order chi connectivity index (χ1) is 15.4. The average Bonchev–Trinajstić information content (AvgIpc) is 3.19. The molecule has 6 aromatic rings. The van der Waals surface area contributed by atoms with Gasteiger partial charge in [-0.3, -0.25) is 9.97 Å². The van der Waals surface area contributed by atoms with Crippen LogP contribution in [0.1, 0.15) is 0 Å². The monoisotopic (exact) mass is 397 g/mol. The highest BCUT2D eigenvalue weighted by atomic mass is 15.0. The van der Waals surface area contributed by atoms with E-state index in [0.29, 0.717) is 0 Å². The van der Waals surface area contributed by atoms with Crippen molar-refractivity contribution in [2.45, 2.75) is 0 Å². The second kappa shape index (κ2) is 7.22. The molecular weight excluding hydrogens is 378 g/mol. The number of aromatic nitrogens is 3. The molecule has 3 heteroatoms. The molecule has 0 aliphatic rings. The van der Waals surface area contributed by atoms with E-state index in [9.17, 15) is 0 Å². The van der Waals surface area contributed by atoms with E-state index in [4.69, 9.17) is 0 Å². The quantitative estimate of drug-likeness (QED) is 0.325. The number of pyridine rings is 2. The van der Waals surface area contributed by atoms with Crippen LogP contribution in [0.5, 0.6) is 0 Å². The first-order valence-electron chi connectivity index (χ1n) is 10.3. The maximum Gasteiger partial charge on any atom is 0.0541 e. The molecule has 0 radical (unpaired) electrons. The van der Waals surface area contributed by atoms with Gasteiger partial charge in [0.1, 0.15) is 0 Å². The molecule has 3 heterocycles. The molecule has 146 valence electrons. The second-order valence-corrected chi connectivity index (χ2v) is 7.62. The normalized spacial score (nSPS) is 11.2. The molecule has 0 saturated carbocycles. The van der Waals surface area contributed by atoms with Crippen molar-refractivity contribution in [3.8, 4) is 27.9 Å². The summed E-state index contributed by atoms with van der Waals surface area (Å²) in [7, 11) is 0. The Labute approximate surface area is 180 Å². The van der Waals surface area contributed by atoms with E-state index in [1.54, 1.807) is 6.20 Å². The SMILES string of the molecule is c1cncc(-c2cncc(-c3cccc(-n4c5ccccc5c5ccccc54)c3)c2)c1. The lowest BCUT2D eigenvalue weighted by atomic mass is 10.0. The van der Waals surface area contributed by atoms with E-state index in [1.807, 2.05) is 24.7 Å². The summed E-state index contributed by atoms with van der Waals surface area (Å²) < 4.78 is 2.34. The van der Waals surface area contributed by atoms with Gasteiger partial charge in [0, 0.05) is 57.9 Å². The zero-order valence-corrected chi connectivity index (χ0v) is 16.8. The van der Waals surface area contributed by atoms with Crippen molar-refractivity contribution in [1.29, 1.82) is 0 Å². The van der Waals surface area contributed by atoms with Crippen LogP contribution >= 0.6 is 0 Å². The maximum atomic E-state index is 4.50. The molecule has 0 bridgehead atoms. The number of hydrogen-bond acceptors (Lipinski definition) is 2. The third-order valence-corrected chi connectivity index (χ3v) is 5.75. The van der Waals surface area contributed by atoms with Gasteiger partial charge in [-0.1, -0.05) is 54.6 Å². The fourth-order valence-corrected chi connectivity index (χ4v) is 4.31. The summed E-state index contributed by atoms with van der Waals surface area (Å²) in [5, 5.41) is 2.53. The molecule has 0 amide bonds. The van der Waals surface area contributed by atoms with E-state index in [-0.39, 0.29) is 0 Å². The Morgan fingerprint density at radius 2 is 1.13 bits per heavy atom. The lowest BCUT2D eigenvalue weighted by molar-refractivity contribution is 1.18. The molecule has 0 unspecified atom stereocenters. The fourth-order valence-electron chi connectivity index (χ4n) is 4.31. The van der Waals surface area contributed by atoms with Gasteiger partial charge in [-0.05, 0) is 42.0 Å². The summed E-state index contributed by atoms with van der Waals surface area (Å²) in [4.78, 5) is 8.73. The van der Waals surface area contributed by atoms with Crippen molar-refractivity contribution in [2.75, 3.05) is 0 Å². The molecule has 0 fully saturated rings. The number of fused-ring (bicyclic) bond motifs is 3. The smallest absolute Gasteiger partial charge is 0.0541 e. The van der Waals surface area contributed by atoms with Crippen molar-refractivity contribution >= 4 is 21.8 Å². The van der Waals surface area contributed by atoms with Gasteiger partial charge in [-0.15, -0.1) is 0 Å². The third kappa shape index (κ3) is 2.99. The molecule has 0 aliphatic heterocycles. The summed E-state index contributed by atoms with van der Waals surface area (Å²) in [6.45, 7) is 0. The zero-order chi connectivity index (χ0) is 20.6. The third-order valence-electron chi connectivity index (χ3n) is 5.75. The summed E-state index contributed by atoms with van der Waals surface area (Å²) in [6.07, 6.45) is 7.47. The molecule has 3 nitrogen and oxygen atoms in total. The second-order valence-electron chi connectivity index (χ2n) is 7.62. The van der Waals surface area contributed by atoms with Crippen molar-refractivity contribution in [3.63, 3.8) is 0 Å². The van der Waals surface area contributed by atoms with Crippen molar-refractivity contribution < 1.29 is 0 Å². The minimum Gasteiger partial charge on any atom is -0.309 e. The van der Waals surface area contributed by atoms with Crippen LogP contribution in [0.3, 0.4) is 0 Å². The first kappa shape index (κ1) is 17.6. The summed E-state index contributed by atoms with van der Waals surface area (Å²) in [5.74, 6) is 0. The molecule has 0 aliphatic carbocycles. The van der Waals surface area contributed by atoms with E-state index < -0.39 is 0 Å². The van der Waals surface area contributed by atoms with Crippen LogP contribution in [0.25, 0.3) is 49.7 Å². The van der Waals surface area contributed by atoms with Gasteiger partial charge in [0.05, 0.1) is 11.0 Å². The lowest BCUT2D eigenvalue weighted by Gasteiger charge is -2.11. The lowest BCUT2D eigenvalue weighted by Crippen LogP contribution is -1.94. The van der Waals surface area contributed by atoms with E-state index in [0.717, 1.165) is 27.9 Å². The summed E-state index contributed by atoms with van der Waals surface area (Å²) in [6, 6.07) is 32.0. The number of benzene rings is 3. The predicted molar refractivity (Wildman–Crippen MR) is 127 cm³/mol. The fraction of sp³-hybridized carbons (Fsp3) is 0. The molecular formula is C28H19N3. The van der Waals surface area contributed by atoms with Crippen LogP contribution in [-0.4, -0.2) is 14.5 Å². The van der Waals surface area contributed by atoms with Crippen LogP contribution in [-0.2, 0) is 0 Å². The Morgan fingerprint density at radius 3 is 1.84 bits per heavy atom. The molecule has 0 N–H and O–H groups in total. The molecule has 0 saturated heterocycles. The van der Waals surface area contributed by atoms with Crippen LogP contribution in [0, 0.1) is 0 Å². The number of para-hydroxylation sites is 2. The minimum atomic E-state index is 1.06. The van der Waals surface area contributed by atoms with Crippen molar-refractivity contribution in [1.82, 2.24) is 14.5 Å². The Kier molecular flexibility index (Phi) is 4.10. The first-order valence-corrected chi connectivity index (χ1v) is 10.3. The number of nitrogens with zero attached hydrogens (tertiary/aromatic N) is 3.